The molecule has 0 aromatic carbocycles. The Kier molecular flexibility index (Phi) is 5.69. The first kappa shape index (κ1) is 19.2. The van der Waals surface area contributed by atoms with Crippen LogP contribution in [0, 0.1) is 11.8 Å². The molecule has 144 valence electrons. The molecule has 10 nitrogen and oxygen atoms in total. The summed E-state index contributed by atoms with van der Waals surface area (Å²) in [5, 5.41) is 42.1. The molecule has 1 aliphatic rings. The first-order valence-corrected chi connectivity index (χ1v) is 8.35. The van der Waals surface area contributed by atoms with Crippen molar-refractivity contribution in [2.24, 2.45) is 0 Å². The monoisotopic (exact) mass is 375 g/mol. The van der Waals surface area contributed by atoms with Crippen molar-refractivity contribution in [2.75, 3.05) is 19.0 Å². The molecule has 3 heterocycles. The van der Waals surface area contributed by atoms with Crippen molar-refractivity contribution in [3.63, 3.8) is 0 Å². The molecule has 3 rings (SSSR count). The lowest BCUT2D eigenvalue weighted by molar-refractivity contribution is -0.0511. The summed E-state index contributed by atoms with van der Waals surface area (Å²) < 4.78 is 6.99. The molecule has 0 aliphatic carbocycles. The summed E-state index contributed by atoms with van der Waals surface area (Å²) >= 11 is 0. The molecular weight excluding hydrogens is 354 g/mol. The van der Waals surface area contributed by atoms with Crippen LogP contribution in [0.1, 0.15) is 18.5 Å². The van der Waals surface area contributed by atoms with Gasteiger partial charge in [0.1, 0.15) is 24.4 Å². The van der Waals surface area contributed by atoms with Crippen molar-refractivity contribution in [2.45, 2.75) is 37.1 Å². The molecule has 2 aromatic heterocycles. The summed E-state index contributed by atoms with van der Waals surface area (Å²) in [6, 6.07) is 0. The van der Waals surface area contributed by atoms with E-state index in [1.807, 2.05) is 0 Å². The smallest absolute Gasteiger partial charge is 0.209 e. The summed E-state index contributed by atoms with van der Waals surface area (Å²) in [6.07, 6.45) is -2.01. The fourth-order valence-corrected chi connectivity index (χ4v) is 2.81. The Morgan fingerprint density at radius 3 is 2.81 bits per heavy atom. The lowest BCUT2D eigenvalue weighted by Crippen LogP contribution is -2.33. The van der Waals surface area contributed by atoms with E-state index in [0.29, 0.717) is 23.4 Å². The van der Waals surface area contributed by atoms with Crippen molar-refractivity contribution in [3.05, 3.63) is 24.8 Å². The van der Waals surface area contributed by atoms with Crippen LogP contribution < -0.4 is 5.32 Å². The number of nitrogens with zero attached hydrogens (tertiary/aromatic N) is 4. The molecule has 27 heavy (non-hydrogen) atoms. The standard InChI is InChI=1S/C17H21N5O5/c1-3-4-9(24)5-6-11-20-15(18-2)12-16(21-11)22(8-19-12)17-14(26)13(25)10(7-23)27-17/h3,8-10,13-14,17,23-26H,1,4,7H2,2H3,(H,18,20,21)/t9?,10-,13-,14-,17-/m1/s1. The molecule has 1 fully saturated rings. The van der Waals surface area contributed by atoms with Crippen molar-refractivity contribution in [1.29, 1.82) is 0 Å². The molecule has 5 atom stereocenters. The van der Waals surface area contributed by atoms with Gasteiger partial charge in [-0.1, -0.05) is 12.0 Å². The Hall–Kier alpha value is -2.55. The SMILES string of the molecule is C=CCC(O)C#Cc1nc(NC)c2ncn([C@@H]3O[C@H](CO)[C@@H](O)[C@H]3O)c2n1. The summed E-state index contributed by atoms with van der Waals surface area (Å²) in [6.45, 7) is 3.11. The maximum absolute atomic E-state index is 10.3. The van der Waals surface area contributed by atoms with Gasteiger partial charge in [0.05, 0.1) is 12.9 Å². The average molecular weight is 375 g/mol. The zero-order valence-corrected chi connectivity index (χ0v) is 14.6. The number of hydrogen-bond acceptors (Lipinski definition) is 9. The van der Waals surface area contributed by atoms with E-state index in [0.717, 1.165) is 0 Å². The van der Waals surface area contributed by atoms with Gasteiger partial charge in [0.2, 0.25) is 5.82 Å². The predicted octanol–water partition coefficient (Wildman–Crippen LogP) is -1.23. The van der Waals surface area contributed by atoms with Gasteiger partial charge in [0.25, 0.3) is 0 Å². The van der Waals surface area contributed by atoms with Gasteiger partial charge in [-0.15, -0.1) is 6.58 Å². The average Bonchev–Trinajstić information content (AvgIpc) is 3.21. The van der Waals surface area contributed by atoms with E-state index in [1.165, 1.54) is 10.9 Å². The van der Waals surface area contributed by atoms with E-state index in [1.54, 1.807) is 13.1 Å². The lowest BCUT2D eigenvalue weighted by Gasteiger charge is -2.16. The predicted molar refractivity (Wildman–Crippen MR) is 95.6 cm³/mol. The Bertz CT molecular complexity index is 889. The number of anilines is 1. The first-order valence-electron chi connectivity index (χ1n) is 8.35. The molecule has 0 spiro atoms. The largest absolute Gasteiger partial charge is 0.394 e. The van der Waals surface area contributed by atoms with E-state index < -0.39 is 37.3 Å². The Balaban J connectivity index is 2.03. The molecule has 5 N–H and O–H groups in total. The van der Waals surface area contributed by atoms with Crippen LogP contribution in [0.5, 0.6) is 0 Å². The molecule has 1 aliphatic heterocycles. The van der Waals surface area contributed by atoms with Crippen LogP contribution in [0.4, 0.5) is 5.82 Å². The fourth-order valence-electron chi connectivity index (χ4n) is 2.81. The van der Waals surface area contributed by atoms with Crippen LogP contribution in [0.2, 0.25) is 0 Å². The quantitative estimate of drug-likeness (QED) is 0.320. The minimum absolute atomic E-state index is 0.142. The van der Waals surface area contributed by atoms with Gasteiger partial charge in [-0.25, -0.2) is 15.0 Å². The highest BCUT2D eigenvalue weighted by Crippen LogP contribution is 2.32. The summed E-state index contributed by atoms with van der Waals surface area (Å²) in [4.78, 5) is 12.8. The number of aliphatic hydroxyl groups excluding tert-OH is 4. The van der Waals surface area contributed by atoms with E-state index in [-0.39, 0.29) is 5.82 Å². The molecule has 0 amide bonds. The molecule has 1 saturated heterocycles. The second-order valence-corrected chi connectivity index (χ2v) is 6.01. The zero-order chi connectivity index (χ0) is 19.6. The molecule has 1 unspecified atom stereocenters. The van der Waals surface area contributed by atoms with Crippen molar-refractivity contribution in [1.82, 2.24) is 19.5 Å². The third kappa shape index (κ3) is 3.64. The van der Waals surface area contributed by atoms with Crippen molar-refractivity contribution >= 4 is 17.0 Å². The molecular formula is C17H21N5O5. The van der Waals surface area contributed by atoms with Gasteiger partial charge < -0.3 is 30.5 Å². The highest BCUT2D eigenvalue weighted by Gasteiger charge is 2.44. The van der Waals surface area contributed by atoms with Gasteiger partial charge in [-0.2, -0.15) is 0 Å². The maximum atomic E-state index is 10.3. The number of aliphatic hydroxyl groups is 4. The van der Waals surface area contributed by atoms with Crippen LogP contribution in [-0.4, -0.2) is 78.0 Å². The number of imidazole rings is 1. The maximum Gasteiger partial charge on any atom is 0.209 e. The second kappa shape index (κ2) is 7.99. The number of rotatable bonds is 5. The third-order valence-corrected chi connectivity index (χ3v) is 4.19. The Morgan fingerprint density at radius 1 is 1.41 bits per heavy atom. The number of ether oxygens (including phenoxy) is 1. The van der Waals surface area contributed by atoms with E-state index in [4.69, 9.17) is 4.74 Å². The van der Waals surface area contributed by atoms with Crippen LogP contribution in [0.25, 0.3) is 11.2 Å². The molecule has 10 heteroatoms. The van der Waals surface area contributed by atoms with Crippen LogP contribution >= 0.6 is 0 Å². The number of nitrogens with one attached hydrogen (secondary N) is 1. The Labute approximate surface area is 155 Å². The van der Waals surface area contributed by atoms with E-state index in [9.17, 15) is 20.4 Å². The minimum atomic E-state index is -1.27. The highest BCUT2D eigenvalue weighted by atomic mass is 16.6. The van der Waals surface area contributed by atoms with E-state index >= 15 is 0 Å². The van der Waals surface area contributed by atoms with Crippen LogP contribution in [0.15, 0.2) is 19.0 Å². The minimum Gasteiger partial charge on any atom is -0.394 e. The topological polar surface area (TPSA) is 146 Å². The van der Waals surface area contributed by atoms with Crippen molar-refractivity contribution in [3.8, 4) is 11.8 Å². The molecule has 0 radical (unpaired) electrons. The number of fused-ring (bicyclic) bond motifs is 1. The second-order valence-electron chi connectivity index (χ2n) is 6.01. The number of aromatic nitrogens is 4. The third-order valence-electron chi connectivity index (χ3n) is 4.19. The van der Waals surface area contributed by atoms with Gasteiger partial charge in [-0.3, -0.25) is 4.57 Å². The molecule has 2 aromatic rings. The van der Waals surface area contributed by atoms with E-state index in [2.05, 4.69) is 38.7 Å². The fraction of sp³-hybridized carbons (Fsp3) is 0.471. The van der Waals surface area contributed by atoms with Gasteiger partial charge >= 0.3 is 0 Å². The summed E-state index contributed by atoms with van der Waals surface area (Å²) in [5.74, 6) is 5.88. The van der Waals surface area contributed by atoms with Gasteiger partial charge in [0.15, 0.2) is 23.2 Å². The van der Waals surface area contributed by atoms with Crippen molar-refractivity contribution < 1.29 is 25.2 Å². The lowest BCUT2D eigenvalue weighted by atomic mass is 10.1. The normalized spacial score (nSPS) is 25.8. The summed E-state index contributed by atoms with van der Waals surface area (Å²) in [7, 11) is 1.66. The highest BCUT2D eigenvalue weighted by molar-refractivity contribution is 5.83. The van der Waals surface area contributed by atoms with Gasteiger partial charge in [0, 0.05) is 13.5 Å². The molecule has 0 bridgehead atoms. The van der Waals surface area contributed by atoms with Gasteiger partial charge in [-0.05, 0) is 5.92 Å². The molecule has 0 saturated carbocycles. The first-order chi connectivity index (χ1) is 13.0. The summed E-state index contributed by atoms with van der Waals surface area (Å²) in [5.41, 5.74) is 0.749. The number of hydrogen-bond donors (Lipinski definition) is 5. The van der Waals surface area contributed by atoms with Crippen LogP contribution in [0.3, 0.4) is 0 Å². The zero-order valence-electron chi connectivity index (χ0n) is 14.6. The Morgan fingerprint density at radius 2 is 2.19 bits per heavy atom. The van der Waals surface area contributed by atoms with Crippen LogP contribution in [-0.2, 0) is 4.74 Å².